The van der Waals surface area contributed by atoms with E-state index in [4.69, 9.17) is 19.9 Å². The quantitative estimate of drug-likeness (QED) is 0.183. The van der Waals surface area contributed by atoms with Crippen LogP contribution in [0.3, 0.4) is 0 Å². The lowest BCUT2D eigenvalue weighted by Gasteiger charge is -2.26. The number of aliphatic carboxylic acids is 1. The van der Waals surface area contributed by atoms with Crippen molar-refractivity contribution in [1.82, 2.24) is 5.32 Å². The molecule has 0 aromatic carbocycles. The molecule has 0 saturated carbocycles. The van der Waals surface area contributed by atoms with Crippen molar-refractivity contribution in [3.05, 3.63) is 0 Å². The minimum atomic E-state index is -2.37. The van der Waals surface area contributed by atoms with Crippen LogP contribution >= 0.6 is 0 Å². The molecule has 0 aliphatic carbocycles. The first-order chi connectivity index (χ1) is 9.20. The normalized spacial score (nSPS) is 20.7. The van der Waals surface area contributed by atoms with Gasteiger partial charge in [0.15, 0.2) is 11.1 Å². The van der Waals surface area contributed by atoms with Crippen molar-refractivity contribution in [3.63, 3.8) is 0 Å². The highest BCUT2D eigenvalue weighted by Gasteiger charge is 2.31. The highest BCUT2D eigenvalue weighted by molar-refractivity contribution is 7.79. The Balaban J connectivity index is 4.40. The van der Waals surface area contributed by atoms with Crippen molar-refractivity contribution in [2.24, 2.45) is 0 Å². The van der Waals surface area contributed by atoms with Gasteiger partial charge < -0.3 is 40.5 Å². The van der Waals surface area contributed by atoms with Gasteiger partial charge in [-0.3, -0.25) is 4.79 Å². The zero-order valence-corrected chi connectivity index (χ0v) is 11.2. The van der Waals surface area contributed by atoms with Crippen molar-refractivity contribution < 1.29 is 44.2 Å². The highest BCUT2D eigenvalue weighted by atomic mass is 32.2. The predicted molar refractivity (Wildman–Crippen MR) is 66.2 cm³/mol. The molecule has 11 heteroatoms. The summed E-state index contributed by atoms with van der Waals surface area (Å²) in [5.41, 5.74) is 0. The van der Waals surface area contributed by atoms with Gasteiger partial charge in [-0.2, -0.15) is 0 Å². The van der Waals surface area contributed by atoms with Crippen LogP contribution < -0.4 is 5.32 Å². The summed E-state index contributed by atoms with van der Waals surface area (Å²) in [6, 6.07) is -1.43. The largest absolute Gasteiger partial charge is 0.480 e. The lowest BCUT2D eigenvalue weighted by atomic mass is 10.0. The second-order valence-corrected chi connectivity index (χ2v) is 5.06. The van der Waals surface area contributed by atoms with E-state index in [1.807, 2.05) is 0 Å². The first kappa shape index (κ1) is 19.3. The molecule has 0 radical (unpaired) electrons. The topological polar surface area (TPSA) is 188 Å². The fourth-order valence-corrected chi connectivity index (χ4v) is 1.85. The van der Waals surface area contributed by atoms with Gasteiger partial charge in [-0.1, -0.05) is 0 Å². The monoisotopic (exact) mass is 317 g/mol. The summed E-state index contributed by atoms with van der Waals surface area (Å²) in [5, 5.41) is 56.9. The minimum Gasteiger partial charge on any atom is -0.480 e. The van der Waals surface area contributed by atoms with E-state index in [1.54, 1.807) is 0 Å². The Kier molecular flexibility index (Phi) is 9.00. The molecule has 0 aliphatic rings. The van der Waals surface area contributed by atoms with Crippen LogP contribution in [0.2, 0.25) is 0 Å². The summed E-state index contributed by atoms with van der Waals surface area (Å²) in [6.07, 6.45) is -6.98. The van der Waals surface area contributed by atoms with Crippen LogP contribution in [-0.4, -0.2) is 94.7 Å². The van der Waals surface area contributed by atoms with Crippen molar-refractivity contribution >= 4 is 17.0 Å². The number of hydrogen-bond acceptors (Lipinski definition) is 8. The standard InChI is InChI=1S/C9H19NO9S/c11-2-6(13)8(15)7(14)5(12)1-10-4(9(16)17)3-20(18)19/h4-8,10-15H,1-3H2,(H,16,17)(H,18,19). The number of carboxylic acids is 1. The average molecular weight is 317 g/mol. The van der Waals surface area contributed by atoms with Gasteiger partial charge in [0.25, 0.3) is 0 Å². The van der Waals surface area contributed by atoms with Gasteiger partial charge in [-0.25, -0.2) is 4.21 Å². The van der Waals surface area contributed by atoms with E-state index in [1.165, 1.54) is 0 Å². The van der Waals surface area contributed by atoms with Crippen LogP contribution in [-0.2, 0) is 15.9 Å². The molecular weight excluding hydrogens is 298 g/mol. The van der Waals surface area contributed by atoms with E-state index >= 15 is 0 Å². The summed E-state index contributed by atoms with van der Waals surface area (Å²) < 4.78 is 19.1. The van der Waals surface area contributed by atoms with E-state index < -0.39 is 66.4 Å². The molecule has 0 fully saturated rings. The van der Waals surface area contributed by atoms with E-state index in [9.17, 15) is 24.3 Å². The molecule has 6 unspecified atom stereocenters. The van der Waals surface area contributed by atoms with E-state index in [2.05, 4.69) is 5.32 Å². The molecule has 0 rings (SSSR count). The summed E-state index contributed by atoms with van der Waals surface area (Å²) in [7, 11) is 0. The first-order valence-electron chi connectivity index (χ1n) is 5.57. The first-order valence-corrected chi connectivity index (χ1v) is 6.85. The fourth-order valence-electron chi connectivity index (χ4n) is 1.31. The van der Waals surface area contributed by atoms with Gasteiger partial charge in [0.2, 0.25) is 0 Å². The molecule has 8 N–H and O–H groups in total. The summed E-state index contributed by atoms with van der Waals surface area (Å²) >= 11 is -2.37. The molecular formula is C9H19NO9S. The second-order valence-electron chi connectivity index (χ2n) is 4.09. The molecule has 0 aromatic heterocycles. The lowest BCUT2D eigenvalue weighted by Crippen LogP contribution is -2.52. The van der Waals surface area contributed by atoms with Crippen molar-refractivity contribution in [3.8, 4) is 0 Å². The number of nitrogens with one attached hydrogen (secondary N) is 1. The molecule has 0 aliphatic heterocycles. The van der Waals surface area contributed by atoms with Gasteiger partial charge in [-0.05, 0) is 0 Å². The molecule has 0 amide bonds. The minimum absolute atomic E-state index is 0.509. The molecule has 10 nitrogen and oxygen atoms in total. The number of aliphatic hydroxyl groups is 5. The molecule has 20 heavy (non-hydrogen) atoms. The van der Waals surface area contributed by atoms with Crippen LogP contribution in [0.1, 0.15) is 0 Å². The Morgan fingerprint density at radius 2 is 1.60 bits per heavy atom. The predicted octanol–water partition coefficient (Wildman–Crippen LogP) is -4.31. The van der Waals surface area contributed by atoms with Gasteiger partial charge in [-0.15, -0.1) is 0 Å². The number of rotatable bonds is 10. The Bertz CT molecular complexity index is 329. The van der Waals surface area contributed by atoms with Crippen LogP contribution in [0.25, 0.3) is 0 Å². The number of hydrogen-bond donors (Lipinski definition) is 8. The third-order valence-corrected chi connectivity index (χ3v) is 3.12. The number of aliphatic hydroxyl groups excluding tert-OH is 5. The smallest absolute Gasteiger partial charge is 0.321 e. The lowest BCUT2D eigenvalue weighted by molar-refractivity contribution is -0.139. The van der Waals surface area contributed by atoms with Crippen molar-refractivity contribution in [1.29, 1.82) is 0 Å². The van der Waals surface area contributed by atoms with Gasteiger partial charge in [0.1, 0.15) is 24.4 Å². The Labute approximate surface area is 117 Å². The van der Waals surface area contributed by atoms with Crippen LogP contribution in [0.4, 0.5) is 0 Å². The molecule has 0 bridgehead atoms. The Morgan fingerprint density at radius 1 is 1.10 bits per heavy atom. The molecule has 0 aromatic rings. The maximum atomic E-state index is 10.7. The van der Waals surface area contributed by atoms with E-state index in [0.717, 1.165) is 0 Å². The van der Waals surface area contributed by atoms with Crippen LogP contribution in [0.15, 0.2) is 0 Å². The summed E-state index contributed by atoms with van der Waals surface area (Å²) in [5.74, 6) is -2.05. The van der Waals surface area contributed by atoms with Crippen LogP contribution in [0.5, 0.6) is 0 Å². The zero-order valence-electron chi connectivity index (χ0n) is 10.4. The van der Waals surface area contributed by atoms with Gasteiger partial charge in [0.05, 0.1) is 18.5 Å². The van der Waals surface area contributed by atoms with E-state index in [-0.39, 0.29) is 0 Å². The van der Waals surface area contributed by atoms with Gasteiger partial charge >= 0.3 is 5.97 Å². The Hall–Kier alpha value is -0.660. The van der Waals surface area contributed by atoms with Crippen molar-refractivity contribution in [2.75, 3.05) is 18.9 Å². The molecule has 0 heterocycles. The summed E-state index contributed by atoms with van der Waals surface area (Å²) in [4.78, 5) is 10.7. The maximum Gasteiger partial charge on any atom is 0.321 e. The highest BCUT2D eigenvalue weighted by Crippen LogP contribution is 2.05. The fraction of sp³-hybridized carbons (Fsp3) is 0.889. The van der Waals surface area contributed by atoms with E-state index in [0.29, 0.717) is 0 Å². The SMILES string of the molecule is O=C(O)C(CS(=O)O)NCC(O)C(O)C(O)C(O)CO. The van der Waals surface area contributed by atoms with Crippen molar-refractivity contribution in [2.45, 2.75) is 30.5 Å². The third kappa shape index (κ3) is 6.67. The average Bonchev–Trinajstić information content (AvgIpc) is 2.39. The third-order valence-electron chi connectivity index (χ3n) is 2.51. The van der Waals surface area contributed by atoms with Gasteiger partial charge in [0, 0.05) is 6.54 Å². The number of carbonyl (C=O) groups is 1. The molecule has 0 spiro atoms. The summed E-state index contributed by atoms with van der Waals surface area (Å²) in [6.45, 7) is -1.34. The second kappa shape index (κ2) is 9.31. The molecule has 120 valence electrons. The number of carboxylic acid groups (broad SMARTS) is 1. The van der Waals surface area contributed by atoms with Crippen LogP contribution in [0, 0.1) is 0 Å². The maximum absolute atomic E-state index is 10.7. The molecule has 6 atom stereocenters. The Morgan fingerprint density at radius 3 is 2.00 bits per heavy atom. The molecule has 0 saturated heterocycles. The zero-order chi connectivity index (χ0) is 15.9.